The van der Waals surface area contributed by atoms with E-state index in [1.54, 1.807) is 19.1 Å². The van der Waals surface area contributed by atoms with Crippen LogP contribution in [0.1, 0.15) is 61.0 Å². The Balaban J connectivity index is 0.00000232. The van der Waals surface area contributed by atoms with E-state index in [-0.39, 0.29) is 11.6 Å². The monoisotopic (exact) mass is 346 g/mol. The van der Waals surface area contributed by atoms with Crippen LogP contribution in [0.15, 0.2) is 12.1 Å². The summed E-state index contributed by atoms with van der Waals surface area (Å²) in [4.78, 5) is 0. The molecule has 0 spiro atoms. The number of rotatable bonds is 6. The minimum absolute atomic E-state index is 0.245. The highest BCUT2D eigenvalue weighted by Gasteiger charge is 2.37. The third kappa shape index (κ3) is 4.79. The Hall–Kier alpha value is -0.900. The molecule has 0 N–H and O–H groups in total. The van der Waals surface area contributed by atoms with Crippen LogP contribution in [0.3, 0.4) is 0 Å². The van der Waals surface area contributed by atoms with Crippen LogP contribution in [0.5, 0.6) is 11.5 Å². The van der Waals surface area contributed by atoms with E-state index in [4.69, 9.17) is 8.92 Å². The first kappa shape index (κ1) is 22.1. The number of ether oxygens (including phenoxy) is 1. The summed E-state index contributed by atoms with van der Waals surface area (Å²) in [6, 6.07) is 3.43. The lowest BCUT2D eigenvalue weighted by Gasteiger charge is -2.50. The van der Waals surface area contributed by atoms with E-state index in [1.165, 1.54) is 7.11 Å². The van der Waals surface area contributed by atoms with Crippen molar-refractivity contribution in [3.8, 4) is 11.5 Å². The molecule has 0 radical (unpaired) electrons. The lowest BCUT2D eigenvalue weighted by atomic mass is 10.2. The Labute approximate surface area is 144 Å². The fourth-order valence-electron chi connectivity index (χ4n) is 2.99. The number of aryl methyl sites for hydroxylation is 1. The summed E-state index contributed by atoms with van der Waals surface area (Å²) in [7, 11) is 0.149. The third-order valence-corrected chi connectivity index (χ3v) is 8.77. The molecule has 136 valence electrons. The Morgan fingerprint density at radius 2 is 1.35 bits per heavy atom. The van der Waals surface area contributed by atoms with Crippen molar-refractivity contribution in [3.63, 3.8) is 0 Å². The van der Waals surface area contributed by atoms with E-state index in [9.17, 15) is 4.39 Å². The van der Waals surface area contributed by atoms with Crippen molar-refractivity contribution < 1.29 is 13.3 Å². The van der Waals surface area contributed by atoms with E-state index in [0.29, 0.717) is 27.1 Å². The lowest BCUT2D eigenvalue weighted by Crippen LogP contribution is -2.33. The molecule has 0 bridgehead atoms. The first-order valence-electron chi connectivity index (χ1n) is 8.50. The van der Waals surface area contributed by atoms with Gasteiger partial charge in [0, 0.05) is 21.8 Å². The molecule has 0 saturated heterocycles. The molecule has 0 saturated carbocycles. The normalized spacial score (nSPS) is 12.3. The van der Waals surface area contributed by atoms with E-state index in [1.807, 2.05) is 13.8 Å². The van der Waals surface area contributed by atoms with Crippen molar-refractivity contribution in [3.05, 3.63) is 23.5 Å². The number of halogens is 1. The van der Waals surface area contributed by atoms with Crippen LogP contribution >= 0.6 is 10.3 Å². The number of hydrogen-bond acceptors (Lipinski definition) is 2. The maximum Gasteiger partial charge on any atom is 0.168 e. The zero-order valence-corrected chi connectivity index (χ0v) is 17.3. The molecule has 0 fully saturated rings. The van der Waals surface area contributed by atoms with Gasteiger partial charge in [-0.1, -0.05) is 65.7 Å². The molecule has 1 aromatic rings. The largest absolute Gasteiger partial charge is 0.494 e. The van der Waals surface area contributed by atoms with Gasteiger partial charge in [-0.15, -0.1) is 0 Å². The quantitative estimate of drug-likeness (QED) is 0.586. The number of methoxy groups -OCH3 is 1. The molecule has 0 atom stereocenters. The summed E-state index contributed by atoms with van der Waals surface area (Å²) < 4.78 is 25.5. The smallest absolute Gasteiger partial charge is 0.168 e. The summed E-state index contributed by atoms with van der Waals surface area (Å²) >= 11 is 0. The van der Waals surface area contributed by atoms with Gasteiger partial charge in [-0.3, -0.25) is 0 Å². The van der Waals surface area contributed by atoms with Gasteiger partial charge >= 0.3 is 0 Å². The van der Waals surface area contributed by atoms with Crippen LogP contribution in [-0.2, 0) is 0 Å². The Bertz CT molecular complexity index is 463. The summed E-state index contributed by atoms with van der Waals surface area (Å²) in [5, 5.41) is 1.27. The highest BCUT2D eigenvalue weighted by Crippen LogP contribution is 2.61. The lowest BCUT2D eigenvalue weighted by molar-refractivity contribution is 0.382. The van der Waals surface area contributed by atoms with E-state index in [0.717, 1.165) is 0 Å². The maximum atomic E-state index is 13.9. The Morgan fingerprint density at radius 1 is 0.913 bits per heavy atom. The van der Waals surface area contributed by atoms with Crippen molar-refractivity contribution in [2.45, 2.75) is 78.1 Å². The maximum absolute atomic E-state index is 13.9. The van der Waals surface area contributed by atoms with Crippen LogP contribution in [0, 0.1) is 12.7 Å². The van der Waals surface area contributed by atoms with Gasteiger partial charge in [0.05, 0.1) is 7.11 Å². The summed E-state index contributed by atoms with van der Waals surface area (Å²) in [5.74, 6) is 0.635. The van der Waals surface area contributed by atoms with Crippen molar-refractivity contribution in [2.75, 3.05) is 7.11 Å². The summed E-state index contributed by atoms with van der Waals surface area (Å²) in [6.45, 7) is 19.0. The molecule has 0 aromatic heterocycles. The second kappa shape index (κ2) is 9.41. The molecule has 23 heavy (non-hydrogen) atoms. The zero-order chi connectivity index (χ0) is 18.4. The fraction of sp³-hybridized carbons (Fsp3) is 0.684. The van der Waals surface area contributed by atoms with Gasteiger partial charge in [0.25, 0.3) is 0 Å². The predicted octanol–water partition coefficient (Wildman–Crippen LogP) is 6.49. The molecule has 0 aliphatic heterocycles. The van der Waals surface area contributed by atoms with Crippen LogP contribution in [0.25, 0.3) is 0 Å². The van der Waals surface area contributed by atoms with Gasteiger partial charge in [-0.05, 0) is 18.6 Å². The number of benzene rings is 1. The minimum atomic E-state index is -1.33. The van der Waals surface area contributed by atoms with Crippen LogP contribution in [-0.4, -0.2) is 22.9 Å². The first-order chi connectivity index (χ1) is 10.7. The molecule has 2 nitrogen and oxygen atoms in total. The Kier molecular flexibility index (Phi) is 9.04. The molecule has 4 heteroatoms. The van der Waals surface area contributed by atoms with Crippen molar-refractivity contribution in [1.29, 1.82) is 0 Å². The summed E-state index contributed by atoms with van der Waals surface area (Å²) in [5.41, 5.74) is 0.550. The SMILES string of the molecule is CC.COc1cc(OS(C(C)C)(C(C)C)C(C)C)cc(C)c1F. The molecule has 1 aromatic carbocycles. The fourth-order valence-corrected chi connectivity index (χ4v) is 7.26. The molecule has 1 rings (SSSR count). The molecule has 0 unspecified atom stereocenters. The second-order valence-corrected chi connectivity index (χ2v) is 10.6. The van der Waals surface area contributed by atoms with Gasteiger partial charge in [0.2, 0.25) is 0 Å². The molecule has 0 heterocycles. The minimum Gasteiger partial charge on any atom is -0.494 e. The van der Waals surface area contributed by atoms with Gasteiger partial charge in [0.15, 0.2) is 11.6 Å². The predicted molar refractivity (Wildman–Crippen MR) is 103 cm³/mol. The average molecular weight is 347 g/mol. The average Bonchev–Trinajstić information content (AvgIpc) is 2.48. The molecule has 0 aliphatic carbocycles. The van der Waals surface area contributed by atoms with Gasteiger partial charge < -0.3 is 8.92 Å². The van der Waals surface area contributed by atoms with E-state index in [2.05, 4.69) is 41.5 Å². The molecular formula is C19H35FO2S. The summed E-state index contributed by atoms with van der Waals surface area (Å²) in [6.07, 6.45) is 0. The standard InChI is InChI=1S/C17H29FO2S.C2H6/c1-11(2)21(12(3)4,13(5)6)20-15-9-14(7)17(18)16(10-15)19-8;1-2/h9-13H,1-8H3;1-2H3. The number of hydrogen-bond donors (Lipinski definition) is 0. The van der Waals surface area contributed by atoms with Crippen LogP contribution in [0.2, 0.25) is 0 Å². The second-order valence-electron chi connectivity index (χ2n) is 6.18. The first-order valence-corrected chi connectivity index (χ1v) is 10.2. The highest BCUT2D eigenvalue weighted by molar-refractivity contribution is 8.31. The van der Waals surface area contributed by atoms with Crippen molar-refractivity contribution >= 4 is 10.3 Å². The van der Waals surface area contributed by atoms with Crippen molar-refractivity contribution in [2.24, 2.45) is 0 Å². The zero-order valence-electron chi connectivity index (χ0n) is 16.5. The van der Waals surface area contributed by atoms with Crippen molar-refractivity contribution in [1.82, 2.24) is 0 Å². The van der Waals surface area contributed by atoms with Crippen LogP contribution in [0.4, 0.5) is 4.39 Å². The van der Waals surface area contributed by atoms with Gasteiger partial charge in [-0.25, -0.2) is 4.39 Å². The molecule has 0 amide bonds. The molecule has 0 aliphatic rings. The Morgan fingerprint density at radius 3 is 1.70 bits per heavy atom. The van der Waals surface area contributed by atoms with Gasteiger partial charge in [-0.2, -0.15) is 0 Å². The topological polar surface area (TPSA) is 18.5 Å². The highest BCUT2D eigenvalue weighted by atomic mass is 32.3. The van der Waals surface area contributed by atoms with Gasteiger partial charge in [0.1, 0.15) is 5.75 Å². The van der Waals surface area contributed by atoms with E-state index >= 15 is 0 Å². The van der Waals surface area contributed by atoms with Crippen LogP contribution < -0.4 is 8.92 Å². The third-order valence-electron chi connectivity index (χ3n) is 3.87. The molecular weight excluding hydrogens is 311 g/mol. The van der Waals surface area contributed by atoms with E-state index < -0.39 is 10.3 Å².